The van der Waals surface area contributed by atoms with Crippen LogP contribution in [-0.2, 0) is 13.1 Å². The highest BCUT2D eigenvalue weighted by molar-refractivity contribution is 5.74. The predicted octanol–water partition coefficient (Wildman–Crippen LogP) is 6.22. The maximum absolute atomic E-state index is 4.90. The lowest BCUT2D eigenvalue weighted by Gasteiger charge is -2.21. The number of rotatable bonds is 4. The molecule has 0 bridgehead atoms. The van der Waals surface area contributed by atoms with Gasteiger partial charge in [-0.3, -0.25) is 0 Å². The molecule has 5 nitrogen and oxygen atoms in total. The number of nitrogens with one attached hydrogen (secondary N) is 2. The van der Waals surface area contributed by atoms with Crippen LogP contribution in [0.5, 0.6) is 0 Å². The van der Waals surface area contributed by atoms with Crippen molar-refractivity contribution in [2.75, 3.05) is 0 Å². The highest BCUT2D eigenvalue weighted by Gasteiger charge is 2.17. The van der Waals surface area contributed by atoms with E-state index >= 15 is 0 Å². The molecular formula is C28H25N5. The molecule has 1 aliphatic heterocycles. The van der Waals surface area contributed by atoms with E-state index in [9.17, 15) is 0 Å². The summed E-state index contributed by atoms with van der Waals surface area (Å²) in [5, 5.41) is 0. The Hall–Kier alpha value is -4.12. The largest absolute Gasteiger partial charge is 0.364 e. The van der Waals surface area contributed by atoms with Crippen LogP contribution in [0, 0.1) is 13.8 Å². The van der Waals surface area contributed by atoms with Gasteiger partial charge in [-0.1, -0.05) is 54.6 Å². The second-order valence-electron chi connectivity index (χ2n) is 8.74. The number of imidazole rings is 2. The third-order valence-corrected chi connectivity index (χ3v) is 6.41. The van der Waals surface area contributed by atoms with Crippen LogP contribution in [0.25, 0.3) is 39.6 Å². The molecule has 0 radical (unpaired) electrons. The molecule has 0 spiro atoms. The normalized spacial score (nSPS) is 13.0. The highest BCUT2D eigenvalue weighted by Crippen LogP contribution is 2.27. The minimum absolute atomic E-state index is 0.720. The maximum Gasteiger partial charge on any atom is 0.138 e. The third kappa shape index (κ3) is 3.72. The number of aryl methyl sites for hydroxylation is 2. The van der Waals surface area contributed by atoms with Crippen LogP contribution in [0.1, 0.15) is 28.3 Å². The van der Waals surface area contributed by atoms with Crippen LogP contribution < -0.4 is 0 Å². The summed E-state index contributed by atoms with van der Waals surface area (Å²) in [7, 11) is 0. The highest BCUT2D eigenvalue weighted by atomic mass is 15.2. The fraction of sp³-hybridized carbons (Fsp3) is 0.143. The van der Waals surface area contributed by atoms with E-state index in [-0.39, 0.29) is 0 Å². The standard InChI is InChI=1S/C28H25N5/c1-18-7-8-22(15-19(18)2)20-9-11-21(12-10-20)28-31-25-13-14-33(16-26(25)32-28)17-27-29-23-5-3-4-6-24(23)30-27/h3-15H,16-17H2,1-2H3,(H,29,30)(H,31,32). The zero-order valence-corrected chi connectivity index (χ0v) is 18.8. The fourth-order valence-corrected chi connectivity index (χ4v) is 4.37. The Balaban J connectivity index is 1.20. The van der Waals surface area contributed by atoms with Gasteiger partial charge < -0.3 is 14.9 Å². The van der Waals surface area contributed by atoms with Gasteiger partial charge in [0.05, 0.1) is 35.5 Å². The Morgan fingerprint density at radius 2 is 1.61 bits per heavy atom. The summed E-state index contributed by atoms with van der Waals surface area (Å²) < 4.78 is 0. The first-order chi connectivity index (χ1) is 16.1. The van der Waals surface area contributed by atoms with E-state index < -0.39 is 0 Å². The smallest absolute Gasteiger partial charge is 0.138 e. The van der Waals surface area contributed by atoms with Crippen molar-refractivity contribution < 1.29 is 0 Å². The first-order valence-corrected chi connectivity index (χ1v) is 11.3. The molecule has 0 atom stereocenters. The molecule has 0 fully saturated rings. The van der Waals surface area contributed by atoms with E-state index in [1.165, 1.54) is 22.3 Å². The Kier molecular flexibility index (Phi) is 4.61. The van der Waals surface area contributed by atoms with E-state index in [0.29, 0.717) is 0 Å². The summed E-state index contributed by atoms with van der Waals surface area (Å²) in [6.45, 7) is 5.77. The average Bonchev–Trinajstić information content (AvgIpc) is 3.44. The summed E-state index contributed by atoms with van der Waals surface area (Å²) in [6.07, 6.45) is 4.21. The van der Waals surface area contributed by atoms with Crippen LogP contribution in [0.15, 0.2) is 72.9 Å². The van der Waals surface area contributed by atoms with Crippen LogP contribution in [0.2, 0.25) is 0 Å². The second-order valence-corrected chi connectivity index (χ2v) is 8.74. The van der Waals surface area contributed by atoms with Gasteiger partial charge in [-0.2, -0.15) is 0 Å². The van der Waals surface area contributed by atoms with E-state index in [1.807, 2.05) is 18.2 Å². The van der Waals surface area contributed by atoms with Crippen molar-refractivity contribution in [2.24, 2.45) is 0 Å². The molecule has 33 heavy (non-hydrogen) atoms. The van der Waals surface area contributed by atoms with E-state index in [1.54, 1.807) is 0 Å². The van der Waals surface area contributed by atoms with Crippen molar-refractivity contribution in [1.82, 2.24) is 24.8 Å². The number of aromatic amines is 2. The monoisotopic (exact) mass is 431 g/mol. The fourth-order valence-electron chi connectivity index (χ4n) is 4.37. The quantitative estimate of drug-likeness (QED) is 0.355. The minimum atomic E-state index is 0.720. The zero-order chi connectivity index (χ0) is 22.4. The molecule has 0 saturated carbocycles. The van der Waals surface area contributed by atoms with E-state index in [2.05, 4.69) is 89.5 Å². The van der Waals surface area contributed by atoms with Crippen LogP contribution in [0.4, 0.5) is 0 Å². The van der Waals surface area contributed by atoms with Crippen molar-refractivity contribution in [1.29, 1.82) is 0 Å². The maximum atomic E-state index is 4.90. The SMILES string of the molecule is Cc1ccc(-c2ccc(-c3nc4c([nH]3)C=CN(Cc3nc5ccccc5[nH]3)C4)cc2)cc1C. The van der Waals surface area contributed by atoms with Gasteiger partial charge in [0.25, 0.3) is 0 Å². The Morgan fingerprint density at radius 3 is 2.42 bits per heavy atom. The van der Waals surface area contributed by atoms with Crippen molar-refractivity contribution in [3.8, 4) is 22.5 Å². The molecule has 5 heteroatoms. The number of aromatic nitrogens is 4. The number of para-hydroxylation sites is 2. The molecule has 6 rings (SSSR count). The second kappa shape index (κ2) is 7.78. The molecule has 162 valence electrons. The predicted molar refractivity (Wildman–Crippen MR) is 133 cm³/mol. The molecule has 2 aromatic heterocycles. The number of hydrogen-bond donors (Lipinski definition) is 2. The Bertz CT molecular complexity index is 1450. The summed E-state index contributed by atoms with van der Waals surface area (Å²) in [6, 6.07) is 23.4. The lowest BCUT2D eigenvalue weighted by atomic mass is 9.99. The average molecular weight is 432 g/mol. The zero-order valence-electron chi connectivity index (χ0n) is 18.8. The van der Waals surface area contributed by atoms with Gasteiger partial charge in [-0.25, -0.2) is 9.97 Å². The number of H-pyrrole nitrogens is 2. The van der Waals surface area contributed by atoms with Crippen molar-refractivity contribution in [2.45, 2.75) is 26.9 Å². The molecule has 0 amide bonds. The first kappa shape index (κ1) is 19.6. The number of fused-ring (bicyclic) bond motifs is 2. The van der Waals surface area contributed by atoms with Crippen LogP contribution in [-0.4, -0.2) is 24.8 Å². The van der Waals surface area contributed by atoms with Crippen molar-refractivity contribution in [3.63, 3.8) is 0 Å². The van der Waals surface area contributed by atoms with Gasteiger partial charge in [0.1, 0.15) is 11.6 Å². The van der Waals surface area contributed by atoms with Gasteiger partial charge >= 0.3 is 0 Å². The molecule has 2 N–H and O–H groups in total. The molecular weight excluding hydrogens is 406 g/mol. The van der Waals surface area contributed by atoms with E-state index in [0.717, 1.165) is 52.7 Å². The van der Waals surface area contributed by atoms with Gasteiger partial charge in [-0.15, -0.1) is 0 Å². The van der Waals surface area contributed by atoms with Crippen molar-refractivity contribution >= 4 is 17.1 Å². The lowest BCUT2D eigenvalue weighted by Crippen LogP contribution is -2.20. The van der Waals surface area contributed by atoms with Crippen molar-refractivity contribution in [3.05, 3.63) is 101 Å². The summed E-state index contributed by atoms with van der Waals surface area (Å²) in [5.41, 5.74) is 10.4. The summed E-state index contributed by atoms with van der Waals surface area (Å²) >= 11 is 0. The van der Waals surface area contributed by atoms with Gasteiger partial charge in [0, 0.05) is 11.8 Å². The number of nitrogens with zero attached hydrogens (tertiary/aromatic N) is 3. The van der Waals surface area contributed by atoms with Crippen LogP contribution in [0.3, 0.4) is 0 Å². The molecule has 0 unspecified atom stereocenters. The van der Waals surface area contributed by atoms with Gasteiger partial charge in [0.2, 0.25) is 0 Å². The molecule has 0 saturated heterocycles. The minimum Gasteiger partial charge on any atom is -0.364 e. The molecule has 3 heterocycles. The topological polar surface area (TPSA) is 60.6 Å². The number of hydrogen-bond acceptors (Lipinski definition) is 3. The molecule has 0 aliphatic carbocycles. The molecule has 3 aromatic carbocycles. The molecule has 5 aromatic rings. The molecule has 1 aliphatic rings. The first-order valence-electron chi connectivity index (χ1n) is 11.3. The summed E-state index contributed by atoms with van der Waals surface area (Å²) in [4.78, 5) is 18.7. The summed E-state index contributed by atoms with van der Waals surface area (Å²) in [5.74, 6) is 1.86. The Labute approximate surface area is 192 Å². The number of benzene rings is 3. The third-order valence-electron chi connectivity index (χ3n) is 6.41. The Morgan fingerprint density at radius 1 is 0.818 bits per heavy atom. The van der Waals surface area contributed by atoms with Gasteiger partial charge in [-0.05, 0) is 54.3 Å². The lowest BCUT2D eigenvalue weighted by molar-refractivity contribution is 0.347. The van der Waals surface area contributed by atoms with Crippen LogP contribution >= 0.6 is 0 Å². The van der Waals surface area contributed by atoms with E-state index in [4.69, 9.17) is 9.97 Å². The van der Waals surface area contributed by atoms with Gasteiger partial charge in [0.15, 0.2) is 0 Å².